The first-order valence-corrected chi connectivity index (χ1v) is 3.47. The van der Waals surface area contributed by atoms with Crippen LogP contribution in [0.25, 0.3) is 0 Å². The van der Waals surface area contributed by atoms with Gasteiger partial charge in [-0.3, -0.25) is 9.80 Å². The summed E-state index contributed by atoms with van der Waals surface area (Å²) in [5.41, 5.74) is 0.278. The third-order valence-corrected chi connectivity index (χ3v) is 2.64. The van der Waals surface area contributed by atoms with Gasteiger partial charge in [0.05, 0.1) is 5.66 Å². The highest BCUT2D eigenvalue weighted by atomic mass is 15.4. The van der Waals surface area contributed by atoms with Gasteiger partial charge in [-0.2, -0.15) is 0 Å². The molecule has 2 nitrogen and oxygen atoms in total. The van der Waals surface area contributed by atoms with Gasteiger partial charge in [0.1, 0.15) is 0 Å². The number of nitrogens with zero attached hydrogens (tertiary/aromatic N) is 2. The summed E-state index contributed by atoms with van der Waals surface area (Å²) < 4.78 is 0. The monoisotopic (exact) mass is 128 g/mol. The Morgan fingerprint density at radius 2 is 1.33 bits per heavy atom. The molecule has 0 atom stereocenters. The van der Waals surface area contributed by atoms with E-state index in [-0.39, 0.29) is 5.66 Å². The maximum Gasteiger partial charge on any atom is 0.0675 e. The molecule has 1 aliphatic rings. The zero-order valence-electron chi connectivity index (χ0n) is 6.81. The Labute approximate surface area is 57.4 Å². The zero-order valence-corrected chi connectivity index (χ0v) is 6.81. The minimum atomic E-state index is 0.278. The van der Waals surface area contributed by atoms with E-state index in [1.807, 2.05) is 0 Å². The number of hydrogen-bond acceptors (Lipinski definition) is 2. The van der Waals surface area contributed by atoms with Crippen molar-refractivity contribution in [3.8, 4) is 0 Å². The van der Waals surface area contributed by atoms with Gasteiger partial charge in [-0.1, -0.05) is 0 Å². The van der Waals surface area contributed by atoms with Crippen molar-refractivity contribution in [2.75, 3.05) is 27.2 Å². The van der Waals surface area contributed by atoms with Gasteiger partial charge in [-0.05, 0) is 27.9 Å². The quantitative estimate of drug-likeness (QED) is 0.471. The van der Waals surface area contributed by atoms with Crippen LogP contribution in [-0.2, 0) is 0 Å². The number of hydrogen-bond donors (Lipinski definition) is 0. The Morgan fingerprint density at radius 3 is 1.44 bits per heavy atom. The van der Waals surface area contributed by atoms with Crippen molar-refractivity contribution in [3.63, 3.8) is 0 Å². The van der Waals surface area contributed by atoms with Crippen molar-refractivity contribution in [3.05, 3.63) is 0 Å². The summed E-state index contributed by atoms with van der Waals surface area (Å²) in [6.07, 6.45) is 0. The summed E-state index contributed by atoms with van der Waals surface area (Å²) in [6, 6.07) is 0. The molecule has 1 fully saturated rings. The molecule has 0 unspecified atom stereocenters. The first kappa shape index (κ1) is 7.03. The van der Waals surface area contributed by atoms with Crippen molar-refractivity contribution >= 4 is 0 Å². The van der Waals surface area contributed by atoms with E-state index in [9.17, 15) is 0 Å². The minimum Gasteiger partial charge on any atom is -0.288 e. The molecule has 1 saturated heterocycles. The molecule has 0 amide bonds. The van der Waals surface area contributed by atoms with Gasteiger partial charge < -0.3 is 0 Å². The van der Waals surface area contributed by atoms with E-state index in [0.717, 1.165) is 0 Å². The summed E-state index contributed by atoms with van der Waals surface area (Å²) >= 11 is 0. The highest BCUT2D eigenvalue weighted by Gasteiger charge is 2.33. The van der Waals surface area contributed by atoms with Crippen molar-refractivity contribution in [2.24, 2.45) is 0 Å². The second kappa shape index (κ2) is 1.96. The van der Waals surface area contributed by atoms with Crippen LogP contribution in [0.5, 0.6) is 0 Å². The lowest BCUT2D eigenvalue weighted by Crippen LogP contribution is -2.44. The fourth-order valence-corrected chi connectivity index (χ4v) is 1.14. The molecule has 0 radical (unpaired) electrons. The van der Waals surface area contributed by atoms with E-state index in [1.54, 1.807) is 0 Å². The van der Waals surface area contributed by atoms with Gasteiger partial charge in [-0.15, -0.1) is 0 Å². The standard InChI is InChI=1S/C7H16N2/c1-7(2)8(3)5-6-9(7)4/h5-6H2,1-4H3. The molecule has 0 aromatic carbocycles. The maximum atomic E-state index is 2.37. The predicted octanol–water partition coefficient (Wildman–Crippen LogP) is 0.600. The van der Waals surface area contributed by atoms with Crippen LogP contribution in [-0.4, -0.2) is 42.6 Å². The Hall–Kier alpha value is -0.0800. The Kier molecular flexibility index (Phi) is 1.53. The molecular formula is C7H16N2. The van der Waals surface area contributed by atoms with E-state index in [1.165, 1.54) is 13.1 Å². The second-order valence-electron chi connectivity index (χ2n) is 3.34. The van der Waals surface area contributed by atoms with Crippen LogP contribution in [0.15, 0.2) is 0 Å². The van der Waals surface area contributed by atoms with Gasteiger partial charge >= 0.3 is 0 Å². The van der Waals surface area contributed by atoms with Crippen LogP contribution in [0.4, 0.5) is 0 Å². The lowest BCUT2D eigenvalue weighted by Gasteiger charge is -2.33. The van der Waals surface area contributed by atoms with Crippen molar-refractivity contribution < 1.29 is 0 Å². The highest BCUT2D eigenvalue weighted by Crippen LogP contribution is 2.21. The molecule has 0 saturated carbocycles. The Morgan fingerprint density at radius 1 is 1.00 bits per heavy atom. The minimum absolute atomic E-state index is 0.278. The Bertz CT molecular complexity index is 97.5. The lowest BCUT2D eigenvalue weighted by atomic mass is 10.2. The number of likely N-dealkylation sites (N-methyl/N-ethyl adjacent to an activating group) is 2. The normalized spacial score (nSPS) is 29.3. The van der Waals surface area contributed by atoms with Crippen molar-refractivity contribution in [1.82, 2.24) is 9.80 Å². The predicted molar refractivity (Wildman–Crippen MR) is 39.3 cm³/mol. The molecule has 2 heteroatoms. The molecule has 1 rings (SSSR count). The third kappa shape index (κ3) is 0.970. The van der Waals surface area contributed by atoms with Gasteiger partial charge in [0, 0.05) is 13.1 Å². The van der Waals surface area contributed by atoms with E-state index in [0.29, 0.717) is 0 Å². The summed E-state index contributed by atoms with van der Waals surface area (Å²) in [5, 5.41) is 0. The van der Waals surface area contributed by atoms with Crippen molar-refractivity contribution in [1.29, 1.82) is 0 Å². The second-order valence-corrected chi connectivity index (χ2v) is 3.34. The summed E-state index contributed by atoms with van der Waals surface area (Å²) in [5.74, 6) is 0. The molecule has 0 bridgehead atoms. The maximum absolute atomic E-state index is 2.37. The number of rotatable bonds is 0. The van der Waals surface area contributed by atoms with Crippen LogP contribution >= 0.6 is 0 Å². The smallest absolute Gasteiger partial charge is 0.0675 e. The molecular weight excluding hydrogens is 112 g/mol. The Balaban J connectivity index is 2.66. The molecule has 0 aliphatic carbocycles. The van der Waals surface area contributed by atoms with Gasteiger partial charge in [-0.25, -0.2) is 0 Å². The SMILES string of the molecule is CN1CCN(C)C1(C)C. The van der Waals surface area contributed by atoms with Crippen LogP contribution in [0.2, 0.25) is 0 Å². The summed E-state index contributed by atoms with van der Waals surface area (Å²) in [7, 11) is 4.34. The first-order valence-electron chi connectivity index (χ1n) is 3.47. The molecule has 1 aliphatic heterocycles. The fraction of sp³-hybridized carbons (Fsp3) is 1.00. The highest BCUT2D eigenvalue weighted by molar-refractivity contribution is 4.84. The molecule has 0 aromatic heterocycles. The van der Waals surface area contributed by atoms with Crippen LogP contribution in [0.3, 0.4) is 0 Å². The lowest BCUT2D eigenvalue weighted by molar-refractivity contribution is 0.0897. The molecule has 0 aromatic rings. The van der Waals surface area contributed by atoms with Crippen LogP contribution in [0.1, 0.15) is 13.8 Å². The molecule has 1 heterocycles. The van der Waals surface area contributed by atoms with Gasteiger partial charge in [0.2, 0.25) is 0 Å². The molecule has 9 heavy (non-hydrogen) atoms. The molecule has 0 N–H and O–H groups in total. The zero-order chi connectivity index (χ0) is 7.07. The summed E-state index contributed by atoms with van der Waals surface area (Å²) in [4.78, 5) is 4.74. The first-order chi connectivity index (χ1) is 4.05. The average Bonchev–Trinajstić information content (AvgIpc) is 1.96. The van der Waals surface area contributed by atoms with Gasteiger partial charge in [0.25, 0.3) is 0 Å². The van der Waals surface area contributed by atoms with E-state index in [4.69, 9.17) is 0 Å². The average molecular weight is 128 g/mol. The topological polar surface area (TPSA) is 6.48 Å². The van der Waals surface area contributed by atoms with E-state index in [2.05, 4.69) is 37.7 Å². The fourth-order valence-electron chi connectivity index (χ4n) is 1.14. The third-order valence-electron chi connectivity index (χ3n) is 2.64. The van der Waals surface area contributed by atoms with E-state index >= 15 is 0 Å². The molecule has 0 spiro atoms. The van der Waals surface area contributed by atoms with Crippen molar-refractivity contribution in [2.45, 2.75) is 19.5 Å². The largest absolute Gasteiger partial charge is 0.288 e. The van der Waals surface area contributed by atoms with Crippen LogP contribution < -0.4 is 0 Å². The molecule has 54 valence electrons. The summed E-state index contributed by atoms with van der Waals surface area (Å²) in [6.45, 7) is 6.90. The van der Waals surface area contributed by atoms with Crippen LogP contribution in [0, 0.1) is 0 Å². The van der Waals surface area contributed by atoms with Gasteiger partial charge in [0.15, 0.2) is 0 Å². The van der Waals surface area contributed by atoms with E-state index < -0.39 is 0 Å².